The molecule has 2 aliphatic rings. The van der Waals surface area contributed by atoms with Gasteiger partial charge < -0.3 is 39.0 Å². The number of aromatic nitrogens is 8. The molecule has 2 aromatic carbocycles. The van der Waals surface area contributed by atoms with Gasteiger partial charge in [0, 0.05) is 97.1 Å². The number of amides is 2. The van der Waals surface area contributed by atoms with Gasteiger partial charge in [-0.2, -0.15) is 36.5 Å². The van der Waals surface area contributed by atoms with Crippen molar-refractivity contribution < 1.29 is 65.1 Å². The topological polar surface area (TPSA) is 211 Å². The summed E-state index contributed by atoms with van der Waals surface area (Å²) in [6.45, 7) is 12.8. The van der Waals surface area contributed by atoms with E-state index in [0.717, 1.165) is 23.5 Å². The van der Waals surface area contributed by atoms with Crippen molar-refractivity contribution in [2.45, 2.75) is 78.1 Å². The standard InChI is InChI=1S/2C30H33F3N6O4/c2*1-5-43-28-22(7-6-12-34-28)24(17-40)37-13-14-38(18(2)16-37)29(41)23-15-35-39-26(30(31,32)33)19(3)25(36-27(23)39)20-8-10-21(42-4)11-9-20/h2*6-12,15,18,24,40H,5,13-14,16-17H2,1-4H3/t18-,24+;18-,24-/m11/s1. The summed E-state index contributed by atoms with van der Waals surface area (Å²) in [6, 6.07) is 18.9. The highest BCUT2D eigenvalue weighted by atomic mass is 19.4. The molecule has 8 aromatic rings. The number of rotatable bonds is 16. The van der Waals surface area contributed by atoms with E-state index in [1.807, 2.05) is 39.8 Å². The van der Waals surface area contributed by atoms with Crippen LogP contribution in [0.1, 0.15) is 94.1 Å². The molecule has 4 atom stereocenters. The molecule has 2 aliphatic heterocycles. The number of ether oxygens (including phenoxy) is 4. The summed E-state index contributed by atoms with van der Waals surface area (Å²) in [6.07, 6.45) is -3.95. The second-order valence-corrected chi connectivity index (χ2v) is 20.7. The van der Waals surface area contributed by atoms with Crippen molar-refractivity contribution in [2.24, 2.45) is 0 Å². The molecule has 0 bridgehead atoms. The van der Waals surface area contributed by atoms with E-state index < -0.39 is 47.6 Å². The van der Waals surface area contributed by atoms with Gasteiger partial charge in [-0.05, 0) is 102 Å². The lowest BCUT2D eigenvalue weighted by Gasteiger charge is -2.43. The van der Waals surface area contributed by atoms with E-state index in [-0.39, 0.29) is 83.3 Å². The summed E-state index contributed by atoms with van der Waals surface area (Å²) >= 11 is 0. The van der Waals surface area contributed by atoms with E-state index in [0.29, 0.717) is 82.8 Å². The number of alkyl halides is 6. The lowest BCUT2D eigenvalue weighted by Crippen LogP contribution is -2.55. The SMILES string of the molecule is CCOc1ncccc1[C@@H](CO)N1CCN(C(=O)c2cnn3c(C(F)(F)F)c(C)c(-c4ccc(OC)cc4)nc23)[C@H](C)C1.CCOc1ncccc1[C@H](CO)N1CCN(C(=O)c2cnn3c(C(F)(F)F)c(C)c(-c4ccc(OC)cc4)nc23)[C@H](C)C1. The summed E-state index contributed by atoms with van der Waals surface area (Å²) in [4.78, 5) is 52.7. The van der Waals surface area contributed by atoms with Crippen LogP contribution in [0.5, 0.6) is 23.3 Å². The fraction of sp³-hybridized carbons (Fsp3) is 0.400. The first-order valence-corrected chi connectivity index (χ1v) is 27.8. The molecule has 2 N–H and O–H groups in total. The van der Waals surface area contributed by atoms with Crippen molar-refractivity contribution in [3.63, 3.8) is 0 Å². The Morgan fingerprint density at radius 3 is 1.28 bits per heavy atom. The highest BCUT2D eigenvalue weighted by molar-refractivity contribution is 6.01. The summed E-state index contributed by atoms with van der Waals surface area (Å²) in [7, 11) is 3.00. The van der Waals surface area contributed by atoms with Gasteiger partial charge in [0.25, 0.3) is 11.8 Å². The second-order valence-electron chi connectivity index (χ2n) is 20.7. The van der Waals surface area contributed by atoms with Crippen LogP contribution in [0.3, 0.4) is 0 Å². The number of nitrogens with zero attached hydrogens (tertiary/aromatic N) is 12. The van der Waals surface area contributed by atoms with E-state index >= 15 is 0 Å². The van der Waals surface area contributed by atoms with Gasteiger partial charge in [-0.25, -0.2) is 29.0 Å². The first kappa shape index (κ1) is 62.1. The summed E-state index contributed by atoms with van der Waals surface area (Å²) in [5, 5.41) is 28.5. The Morgan fingerprint density at radius 2 is 0.965 bits per heavy atom. The third kappa shape index (κ3) is 12.5. The maximum atomic E-state index is 14.3. The minimum Gasteiger partial charge on any atom is -0.497 e. The number of carbonyl (C=O) groups excluding carboxylic acids is 2. The molecule has 0 spiro atoms. The first-order chi connectivity index (χ1) is 41.2. The quantitative estimate of drug-likeness (QED) is 0.0866. The van der Waals surface area contributed by atoms with Crippen LogP contribution in [0, 0.1) is 13.8 Å². The van der Waals surface area contributed by atoms with E-state index in [4.69, 9.17) is 18.9 Å². The van der Waals surface area contributed by atoms with Crippen molar-refractivity contribution in [1.29, 1.82) is 0 Å². The first-order valence-electron chi connectivity index (χ1n) is 27.8. The number of benzene rings is 2. The minimum atomic E-state index is -4.75. The molecular weight excluding hydrogens is 1130 g/mol. The Bertz CT molecular complexity index is 3460. The highest BCUT2D eigenvalue weighted by Gasteiger charge is 2.42. The fourth-order valence-corrected chi connectivity index (χ4v) is 11.3. The molecule has 0 aliphatic carbocycles. The predicted octanol–water partition coefficient (Wildman–Crippen LogP) is 8.81. The Morgan fingerprint density at radius 1 is 0.593 bits per heavy atom. The normalized spacial score (nSPS) is 16.8. The number of carbonyl (C=O) groups is 2. The number of piperazine rings is 2. The third-order valence-corrected chi connectivity index (χ3v) is 15.4. The Balaban J connectivity index is 0.000000205. The lowest BCUT2D eigenvalue weighted by atomic mass is 10.0. The average molecular weight is 1200 g/mol. The summed E-state index contributed by atoms with van der Waals surface area (Å²) in [5.74, 6) is 1.04. The van der Waals surface area contributed by atoms with Crippen molar-refractivity contribution in [3.8, 4) is 45.8 Å². The largest absolute Gasteiger partial charge is 0.497 e. The number of hydrogen-bond acceptors (Lipinski definition) is 16. The Labute approximate surface area is 491 Å². The van der Waals surface area contributed by atoms with Crippen LogP contribution in [-0.4, -0.2) is 173 Å². The molecule has 0 unspecified atom stereocenters. The van der Waals surface area contributed by atoms with Crippen LogP contribution < -0.4 is 18.9 Å². The van der Waals surface area contributed by atoms with Gasteiger partial charge in [-0.15, -0.1) is 0 Å². The molecule has 8 heterocycles. The van der Waals surface area contributed by atoms with Crippen LogP contribution in [0.4, 0.5) is 26.3 Å². The molecule has 0 radical (unpaired) electrons. The maximum absolute atomic E-state index is 14.3. The molecule has 2 saturated heterocycles. The zero-order valence-corrected chi connectivity index (χ0v) is 48.6. The number of pyridine rings is 2. The van der Waals surface area contributed by atoms with E-state index in [1.54, 1.807) is 82.9 Å². The number of aliphatic hydroxyl groups is 2. The second kappa shape index (κ2) is 26.0. The maximum Gasteiger partial charge on any atom is 0.433 e. The number of halogens is 6. The molecule has 26 heteroatoms. The number of fused-ring (bicyclic) bond motifs is 2. The molecule has 6 aromatic heterocycles. The smallest absolute Gasteiger partial charge is 0.433 e. The fourth-order valence-electron chi connectivity index (χ4n) is 11.3. The molecule has 2 fully saturated rings. The van der Waals surface area contributed by atoms with Gasteiger partial charge in [0.05, 0.1) is 76.5 Å². The molecule has 0 saturated carbocycles. The van der Waals surface area contributed by atoms with Crippen molar-refractivity contribution in [1.82, 2.24) is 58.8 Å². The van der Waals surface area contributed by atoms with Crippen LogP contribution in [-0.2, 0) is 12.4 Å². The molecule has 20 nitrogen and oxygen atoms in total. The van der Waals surface area contributed by atoms with Gasteiger partial charge in [-0.1, -0.05) is 12.1 Å². The zero-order valence-electron chi connectivity index (χ0n) is 48.6. The minimum absolute atomic E-state index is 0.0230. The summed E-state index contributed by atoms with van der Waals surface area (Å²) < 4.78 is 109. The third-order valence-electron chi connectivity index (χ3n) is 15.4. The Hall–Kier alpha value is -8.46. The van der Waals surface area contributed by atoms with Gasteiger partial charge in [0.1, 0.15) is 22.6 Å². The van der Waals surface area contributed by atoms with Gasteiger partial charge in [-0.3, -0.25) is 19.4 Å². The molecule has 86 heavy (non-hydrogen) atoms. The number of aliphatic hydroxyl groups excluding tert-OH is 2. The van der Waals surface area contributed by atoms with Crippen LogP contribution in [0.2, 0.25) is 0 Å². The molecule has 2 amide bonds. The number of hydrogen-bond donors (Lipinski definition) is 2. The summed E-state index contributed by atoms with van der Waals surface area (Å²) in [5.41, 5.74) is -0.00746. The van der Waals surface area contributed by atoms with Crippen LogP contribution in [0.15, 0.2) is 97.6 Å². The van der Waals surface area contributed by atoms with Crippen molar-refractivity contribution >= 4 is 23.1 Å². The monoisotopic (exact) mass is 1200 g/mol. The highest BCUT2D eigenvalue weighted by Crippen LogP contribution is 2.40. The average Bonchev–Trinajstić information content (AvgIpc) is 1.98. The van der Waals surface area contributed by atoms with Crippen molar-refractivity contribution in [3.05, 3.63) is 142 Å². The molecular formula is C60H66F6N12O8. The van der Waals surface area contributed by atoms with Crippen molar-refractivity contribution in [2.75, 3.05) is 79.9 Å². The lowest BCUT2D eigenvalue weighted by molar-refractivity contribution is -0.144. The van der Waals surface area contributed by atoms with E-state index in [9.17, 15) is 46.1 Å². The number of methoxy groups -OCH3 is 2. The van der Waals surface area contributed by atoms with Crippen LogP contribution in [0.25, 0.3) is 33.8 Å². The zero-order chi connectivity index (χ0) is 61.8. The van der Waals surface area contributed by atoms with E-state index in [1.165, 1.54) is 28.1 Å². The molecule has 10 rings (SSSR count). The Kier molecular flexibility index (Phi) is 18.8. The van der Waals surface area contributed by atoms with Gasteiger partial charge in [0.15, 0.2) is 22.7 Å². The van der Waals surface area contributed by atoms with Gasteiger partial charge >= 0.3 is 12.4 Å². The van der Waals surface area contributed by atoms with Crippen LogP contribution >= 0.6 is 0 Å². The predicted molar refractivity (Wildman–Crippen MR) is 304 cm³/mol. The van der Waals surface area contributed by atoms with Gasteiger partial charge in [0.2, 0.25) is 11.8 Å². The van der Waals surface area contributed by atoms with E-state index in [2.05, 4.69) is 39.9 Å². The molecule has 456 valence electrons.